The number of amides is 1. The molecule has 1 aliphatic rings. The van der Waals surface area contributed by atoms with E-state index in [1.807, 2.05) is 23.9 Å². The van der Waals surface area contributed by atoms with Crippen LogP contribution in [0.4, 0.5) is 0 Å². The summed E-state index contributed by atoms with van der Waals surface area (Å²) in [4.78, 5) is 16.7. The molecule has 5 nitrogen and oxygen atoms in total. The molecular weight excluding hydrogens is 424 g/mol. The van der Waals surface area contributed by atoms with Crippen LogP contribution in [0, 0.1) is 0 Å². The van der Waals surface area contributed by atoms with E-state index in [9.17, 15) is 15.0 Å². The van der Waals surface area contributed by atoms with Gasteiger partial charge in [-0.25, -0.2) is 0 Å². The van der Waals surface area contributed by atoms with Gasteiger partial charge < -0.3 is 15.1 Å². The Morgan fingerprint density at radius 1 is 1.03 bits per heavy atom. The van der Waals surface area contributed by atoms with Crippen LogP contribution in [0.3, 0.4) is 0 Å². The van der Waals surface area contributed by atoms with E-state index >= 15 is 0 Å². The van der Waals surface area contributed by atoms with Crippen molar-refractivity contribution in [3.8, 4) is 0 Å². The van der Waals surface area contributed by atoms with Crippen LogP contribution in [0.2, 0.25) is 5.02 Å². The highest BCUT2D eigenvalue weighted by molar-refractivity contribution is 6.30. The number of aliphatic hydroxyl groups is 2. The summed E-state index contributed by atoms with van der Waals surface area (Å²) in [6, 6.07) is 16.1. The number of benzene rings is 2. The molecule has 0 saturated heterocycles. The van der Waals surface area contributed by atoms with Gasteiger partial charge in [-0.15, -0.1) is 0 Å². The standard InChI is InChI=1S/C26H35ClN2O3/c1-26(32,18-30)17-28(2)16-19-4-6-20(7-5-19)21-10-14-24(15-11-21)29(3)25(31)22-8-12-23(27)13-9-22/h4-9,12-13,21,24,30,32H,10-11,14-18H2,1-3H3/t21?,24?,26-/m1/s1. The van der Waals surface area contributed by atoms with E-state index in [1.54, 1.807) is 31.2 Å². The Hall–Kier alpha value is -1.92. The predicted molar refractivity (Wildman–Crippen MR) is 129 cm³/mol. The zero-order chi connectivity index (χ0) is 23.3. The summed E-state index contributed by atoms with van der Waals surface area (Å²) in [6.07, 6.45) is 4.14. The molecule has 174 valence electrons. The van der Waals surface area contributed by atoms with Crippen molar-refractivity contribution in [1.29, 1.82) is 0 Å². The third-order valence-corrected chi connectivity index (χ3v) is 6.76. The summed E-state index contributed by atoms with van der Waals surface area (Å²) in [5, 5.41) is 19.9. The summed E-state index contributed by atoms with van der Waals surface area (Å²) < 4.78 is 0. The Morgan fingerprint density at radius 3 is 2.19 bits per heavy atom. The first kappa shape index (κ1) is 24.7. The van der Waals surface area contributed by atoms with Gasteiger partial charge in [0.05, 0.1) is 12.2 Å². The molecule has 0 heterocycles. The minimum absolute atomic E-state index is 0.0544. The van der Waals surface area contributed by atoms with E-state index in [-0.39, 0.29) is 18.6 Å². The number of carbonyl (C=O) groups excluding carboxylic acids is 1. The summed E-state index contributed by atoms with van der Waals surface area (Å²) >= 11 is 5.94. The smallest absolute Gasteiger partial charge is 0.253 e. The number of halogens is 1. The van der Waals surface area contributed by atoms with Crippen LogP contribution in [-0.2, 0) is 6.54 Å². The van der Waals surface area contributed by atoms with Gasteiger partial charge in [0.2, 0.25) is 0 Å². The number of carbonyl (C=O) groups is 1. The lowest BCUT2D eigenvalue weighted by Gasteiger charge is -2.35. The second kappa shape index (κ2) is 10.8. The van der Waals surface area contributed by atoms with Crippen molar-refractivity contribution in [2.45, 2.75) is 56.7 Å². The van der Waals surface area contributed by atoms with E-state index in [1.165, 1.54) is 11.1 Å². The largest absolute Gasteiger partial charge is 0.393 e. The quantitative estimate of drug-likeness (QED) is 0.618. The molecule has 2 aromatic carbocycles. The second-order valence-corrected chi connectivity index (χ2v) is 9.93. The summed E-state index contributed by atoms with van der Waals surface area (Å²) in [5.74, 6) is 0.575. The Labute approximate surface area is 196 Å². The Balaban J connectivity index is 1.51. The number of hydrogen-bond donors (Lipinski definition) is 2. The average molecular weight is 459 g/mol. The lowest BCUT2D eigenvalue weighted by Crippen LogP contribution is -2.41. The molecule has 1 saturated carbocycles. The van der Waals surface area contributed by atoms with Gasteiger partial charge in [0.25, 0.3) is 5.91 Å². The fourth-order valence-electron chi connectivity index (χ4n) is 4.65. The Bertz CT molecular complexity index is 875. The molecule has 0 aromatic heterocycles. The van der Waals surface area contributed by atoms with Crippen LogP contribution in [0.1, 0.15) is 60.0 Å². The minimum atomic E-state index is -1.09. The molecule has 1 amide bonds. The zero-order valence-electron chi connectivity index (χ0n) is 19.3. The van der Waals surface area contributed by atoms with E-state index in [0.29, 0.717) is 23.0 Å². The topological polar surface area (TPSA) is 64.0 Å². The van der Waals surface area contributed by atoms with Gasteiger partial charge >= 0.3 is 0 Å². The lowest BCUT2D eigenvalue weighted by molar-refractivity contribution is -0.0219. The SMILES string of the molecule is CN(Cc1ccc(C2CCC(N(C)C(=O)c3ccc(Cl)cc3)CC2)cc1)C[C@@](C)(O)CO. The van der Waals surface area contributed by atoms with E-state index in [0.717, 1.165) is 32.2 Å². The van der Waals surface area contributed by atoms with Gasteiger partial charge in [0.15, 0.2) is 0 Å². The van der Waals surface area contributed by atoms with Crippen LogP contribution >= 0.6 is 11.6 Å². The van der Waals surface area contributed by atoms with Crippen LogP contribution in [-0.4, -0.2) is 64.8 Å². The number of rotatable bonds is 8. The molecular formula is C26H35ClN2O3. The molecule has 1 fully saturated rings. The predicted octanol–water partition coefficient (Wildman–Crippen LogP) is 4.31. The van der Waals surface area contributed by atoms with Crippen molar-refractivity contribution in [3.63, 3.8) is 0 Å². The van der Waals surface area contributed by atoms with Crippen molar-refractivity contribution < 1.29 is 15.0 Å². The zero-order valence-corrected chi connectivity index (χ0v) is 20.1. The van der Waals surface area contributed by atoms with Crippen molar-refractivity contribution in [3.05, 3.63) is 70.2 Å². The highest BCUT2D eigenvalue weighted by Crippen LogP contribution is 2.35. The summed E-state index contributed by atoms with van der Waals surface area (Å²) in [7, 11) is 3.85. The van der Waals surface area contributed by atoms with Crippen molar-refractivity contribution in [2.75, 3.05) is 27.2 Å². The molecule has 0 spiro atoms. The second-order valence-electron chi connectivity index (χ2n) is 9.50. The van der Waals surface area contributed by atoms with Gasteiger partial charge in [-0.3, -0.25) is 9.69 Å². The molecule has 0 radical (unpaired) electrons. The normalized spacial score (nSPS) is 20.7. The molecule has 0 unspecified atom stereocenters. The molecule has 6 heteroatoms. The molecule has 0 aliphatic heterocycles. The Morgan fingerprint density at radius 2 is 1.62 bits per heavy atom. The fourth-order valence-corrected chi connectivity index (χ4v) is 4.78. The highest BCUT2D eigenvalue weighted by Gasteiger charge is 2.28. The maximum absolute atomic E-state index is 12.8. The van der Waals surface area contributed by atoms with E-state index in [2.05, 4.69) is 24.3 Å². The van der Waals surface area contributed by atoms with Gasteiger partial charge in [-0.05, 0) is 81.0 Å². The van der Waals surface area contributed by atoms with Crippen molar-refractivity contribution in [2.24, 2.45) is 0 Å². The molecule has 1 aliphatic carbocycles. The van der Waals surface area contributed by atoms with Gasteiger partial charge in [0, 0.05) is 36.8 Å². The maximum Gasteiger partial charge on any atom is 0.253 e. The number of aliphatic hydroxyl groups excluding tert-OH is 1. The van der Waals surface area contributed by atoms with Crippen LogP contribution in [0.5, 0.6) is 0 Å². The summed E-state index contributed by atoms with van der Waals surface area (Å²) in [6.45, 7) is 2.53. The first-order valence-corrected chi connectivity index (χ1v) is 11.7. The van der Waals surface area contributed by atoms with Crippen molar-refractivity contribution in [1.82, 2.24) is 9.80 Å². The maximum atomic E-state index is 12.8. The van der Waals surface area contributed by atoms with E-state index in [4.69, 9.17) is 11.6 Å². The average Bonchev–Trinajstić information content (AvgIpc) is 2.79. The van der Waals surface area contributed by atoms with Crippen LogP contribution in [0.15, 0.2) is 48.5 Å². The van der Waals surface area contributed by atoms with E-state index < -0.39 is 5.60 Å². The molecule has 32 heavy (non-hydrogen) atoms. The highest BCUT2D eigenvalue weighted by atomic mass is 35.5. The van der Waals surface area contributed by atoms with Crippen molar-refractivity contribution >= 4 is 17.5 Å². The van der Waals surface area contributed by atoms with Gasteiger partial charge in [-0.2, -0.15) is 0 Å². The monoisotopic (exact) mass is 458 g/mol. The van der Waals surface area contributed by atoms with Crippen LogP contribution in [0.25, 0.3) is 0 Å². The number of likely N-dealkylation sites (N-methyl/N-ethyl adjacent to an activating group) is 1. The Kier molecular flexibility index (Phi) is 8.34. The first-order chi connectivity index (χ1) is 15.2. The molecule has 0 bridgehead atoms. The van der Waals surface area contributed by atoms with Crippen LogP contribution < -0.4 is 0 Å². The third kappa shape index (κ3) is 6.55. The summed E-state index contributed by atoms with van der Waals surface area (Å²) in [5.41, 5.74) is 2.13. The number of nitrogens with zero attached hydrogens (tertiary/aromatic N) is 2. The lowest BCUT2D eigenvalue weighted by atomic mass is 9.81. The minimum Gasteiger partial charge on any atom is -0.393 e. The molecule has 2 N–H and O–H groups in total. The van der Waals surface area contributed by atoms with Gasteiger partial charge in [-0.1, -0.05) is 35.9 Å². The fraction of sp³-hybridized carbons (Fsp3) is 0.500. The molecule has 2 aromatic rings. The van der Waals surface area contributed by atoms with Gasteiger partial charge in [0.1, 0.15) is 0 Å². The molecule has 1 atom stereocenters. The third-order valence-electron chi connectivity index (χ3n) is 6.51. The number of hydrogen-bond acceptors (Lipinski definition) is 4. The molecule has 3 rings (SSSR count). The first-order valence-electron chi connectivity index (χ1n) is 11.3.